The van der Waals surface area contributed by atoms with Crippen molar-refractivity contribution in [2.45, 2.75) is 95.5 Å². The minimum Gasteiger partial charge on any atom is -0.335 e. The van der Waals surface area contributed by atoms with Gasteiger partial charge in [-0.15, -0.1) is 0 Å². The fraction of sp³-hybridized carbons (Fsp3) is 0.529. The van der Waals surface area contributed by atoms with E-state index in [-0.39, 0.29) is 40.4 Å². The quantitative estimate of drug-likeness (QED) is 0.362. The zero-order valence-electron chi connectivity index (χ0n) is 26.7. The number of fused-ring (bicyclic) bond motifs is 1. The van der Waals surface area contributed by atoms with Gasteiger partial charge in [-0.05, 0) is 87.9 Å². The Morgan fingerprint density at radius 3 is 2.52 bits per heavy atom. The minimum absolute atomic E-state index is 0.0363. The number of benzene rings is 1. The van der Waals surface area contributed by atoms with Gasteiger partial charge in [-0.3, -0.25) is 9.59 Å². The Kier molecular flexibility index (Phi) is 7.98. The van der Waals surface area contributed by atoms with E-state index in [0.29, 0.717) is 33.8 Å². The third kappa shape index (κ3) is 5.15. The molecular weight excluding hydrogens is 646 g/mol. The summed E-state index contributed by atoms with van der Waals surface area (Å²) in [6.07, 6.45) is 5.27. The van der Waals surface area contributed by atoms with Crippen molar-refractivity contribution in [2.24, 2.45) is 10.9 Å². The number of thioether (sulfide) groups is 1. The number of piperazine rings is 1. The van der Waals surface area contributed by atoms with Crippen LogP contribution in [0.25, 0.3) is 0 Å². The largest absolute Gasteiger partial charge is 0.335 e. The number of pyridine rings is 1. The molecule has 12 heteroatoms. The molecule has 1 spiro atoms. The maximum absolute atomic E-state index is 15.0. The molecule has 5 heterocycles. The van der Waals surface area contributed by atoms with Crippen LogP contribution in [0.1, 0.15) is 77.5 Å². The van der Waals surface area contributed by atoms with Gasteiger partial charge in [0.15, 0.2) is 5.17 Å². The molecule has 1 aromatic heterocycles. The Bertz CT molecular complexity index is 1660. The van der Waals surface area contributed by atoms with Gasteiger partial charge in [-0.25, -0.2) is 14.4 Å². The first-order valence-corrected chi connectivity index (χ1v) is 17.7. The molecule has 5 atom stereocenters. The van der Waals surface area contributed by atoms with E-state index in [0.717, 1.165) is 37.1 Å². The zero-order chi connectivity index (χ0) is 32.7. The van der Waals surface area contributed by atoms with Crippen LogP contribution < -0.4 is 5.32 Å². The molecule has 1 saturated carbocycles. The number of halogens is 3. The summed E-state index contributed by atoms with van der Waals surface area (Å²) in [4.78, 5) is 44.9. The lowest BCUT2D eigenvalue weighted by Gasteiger charge is -2.42. The van der Waals surface area contributed by atoms with Crippen LogP contribution in [0.4, 0.5) is 4.39 Å². The van der Waals surface area contributed by atoms with Crippen molar-refractivity contribution in [1.29, 1.82) is 0 Å². The summed E-state index contributed by atoms with van der Waals surface area (Å²) in [6, 6.07) is 7.43. The van der Waals surface area contributed by atoms with E-state index < -0.39 is 23.4 Å². The lowest BCUT2D eigenvalue weighted by Crippen LogP contribution is -2.62. The van der Waals surface area contributed by atoms with Crippen LogP contribution >= 0.6 is 35.0 Å². The summed E-state index contributed by atoms with van der Waals surface area (Å²) < 4.78 is 15.0. The number of hydrogen-bond donors (Lipinski definition) is 1. The van der Waals surface area contributed by atoms with Crippen LogP contribution in [-0.2, 0) is 15.1 Å². The maximum atomic E-state index is 15.0. The van der Waals surface area contributed by atoms with E-state index >= 15 is 4.39 Å². The van der Waals surface area contributed by atoms with Crippen molar-refractivity contribution in [2.75, 3.05) is 13.1 Å². The van der Waals surface area contributed by atoms with Crippen molar-refractivity contribution < 1.29 is 14.0 Å². The summed E-state index contributed by atoms with van der Waals surface area (Å²) in [5.74, 6) is -0.693. The number of carbonyl (C=O) groups is 2. The van der Waals surface area contributed by atoms with Gasteiger partial charge < -0.3 is 20.0 Å². The topological polar surface area (TPSA) is 81.1 Å². The Morgan fingerprint density at radius 1 is 1.11 bits per heavy atom. The highest BCUT2D eigenvalue weighted by atomic mass is 35.5. The van der Waals surface area contributed by atoms with Crippen molar-refractivity contribution >= 4 is 51.9 Å². The number of rotatable bonds is 5. The first kappa shape index (κ1) is 31.9. The Morgan fingerprint density at radius 2 is 1.87 bits per heavy atom. The van der Waals surface area contributed by atoms with E-state index in [1.54, 1.807) is 18.3 Å². The van der Waals surface area contributed by atoms with Gasteiger partial charge in [0.2, 0.25) is 5.91 Å². The predicted octanol–water partition coefficient (Wildman–Crippen LogP) is 6.50. The van der Waals surface area contributed by atoms with Crippen LogP contribution in [0.15, 0.2) is 52.1 Å². The number of nitrogens with one attached hydrogen (secondary N) is 1. The Hall–Kier alpha value is -2.66. The van der Waals surface area contributed by atoms with Crippen molar-refractivity contribution in [3.8, 4) is 0 Å². The number of amides is 2. The summed E-state index contributed by atoms with van der Waals surface area (Å²) >= 11 is 13.6. The molecule has 1 aromatic carbocycles. The van der Waals surface area contributed by atoms with Crippen LogP contribution in [-0.4, -0.2) is 73.4 Å². The summed E-state index contributed by atoms with van der Waals surface area (Å²) in [6.45, 7) is 11.7. The first-order valence-electron chi connectivity index (χ1n) is 16.1. The first-order chi connectivity index (χ1) is 21.8. The molecule has 4 aliphatic heterocycles. The highest BCUT2D eigenvalue weighted by Gasteiger charge is 2.55. The van der Waals surface area contributed by atoms with Crippen LogP contribution in [0.5, 0.6) is 0 Å². The van der Waals surface area contributed by atoms with Gasteiger partial charge in [0.1, 0.15) is 27.5 Å². The lowest BCUT2D eigenvalue weighted by atomic mass is 9.81. The number of nitrogens with zero attached hydrogens (tertiary/aromatic N) is 5. The van der Waals surface area contributed by atoms with Gasteiger partial charge in [-0.2, -0.15) is 0 Å². The highest BCUT2D eigenvalue weighted by molar-refractivity contribution is 8.18. The van der Waals surface area contributed by atoms with Gasteiger partial charge in [0, 0.05) is 48.2 Å². The van der Waals surface area contributed by atoms with E-state index in [1.165, 1.54) is 17.8 Å². The molecule has 1 aliphatic carbocycles. The molecule has 0 bridgehead atoms. The maximum Gasteiger partial charge on any atom is 0.263 e. The molecule has 7 rings (SSSR count). The number of likely N-dealkylation sites (tertiary alicyclic amines) is 1. The average Bonchev–Trinajstić information content (AvgIpc) is 3.34. The number of carbonyl (C=O) groups excluding carboxylic acids is 2. The molecular formula is C34H39Cl2FN6O2S. The number of amidine groups is 1. The zero-order valence-corrected chi connectivity index (χ0v) is 29.0. The van der Waals surface area contributed by atoms with Crippen molar-refractivity contribution in [3.05, 3.63) is 74.3 Å². The highest BCUT2D eigenvalue weighted by Crippen LogP contribution is 2.56. The molecule has 8 nitrogen and oxygen atoms in total. The molecule has 2 amide bonds. The summed E-state index contributed by atoms with van der Waals surface area (Å²) in [7, 11) is 0. The van der Waals surface area contributed by atoms with Gasteiger partial charge in [-0.1, -0.05) is 49.2 Å². The van der Waals surface area contributed by atoms with E-state index in [4.69, 9.17) is 28.2 Å². The smallest absolute Gasteiger partial charge is 0.263 e. The summed E-state index contributed by atoms with van der Waals surface area (Å²) in [5.41, 5.74) is 1.48. The van der Waals surface area contributed by atoms with Gasteiger partial charge in [0.25, 0.3) is 5.91 Å². The molecule has 46 heavy (non-hydrogen) atoms. The molecule has 5 aliphatic rings. The normalized spacial score (nSPS) is 30.0. The minimum atomic E-state index is -0.869. The monoisotopic (exact) mass is 684 g/mol. The van der Waals surface area contributed by atoms with Crippen LogP contribution in [0, 0.1) is 11.7 Å². The molecule has 2 aromatic rings. The van der Waals surface area contributed by atoms with Crippen molar-refractivity contribution in [3.63, 3.8) is 0 Å². The second-order valence-corrected chi connectivity index (χ2v) is 15.7. The van der Waals surface area contributed by atoms with Crippen LogP contribution in [0.2, 0.25) is 10.2 Å². The van der Waals surface area contributed by atoms with Crippen LogP contribution in [0.3, 0.4) is 0 Å². The van der Waals surface area contributed by atoms with Gasteiger partial charge >= 0.3 is 0 Å². The lowest BCUT2D eigenvalue weighted by molar-refractivity contribution is -0.145. The molecule has 0 radical (unpaired) electrons. The number of allylic oxidation sites excluding steroid dienone is 1. The molecule has 3 fully saturated rings. The van der Waals surface area contributed by atoms with E-state index in [1.807, 2.05) is 35.8 Å². The molecule has 0 unspecified atom stereocenters. The predicted molar refractivity (Wildman–Crippen MR) is 180 cm³/mol. The second-order valence-electron chi connectivity index (χ2n) is 14.0. The molecule has 1 N–H and O–H groups in total. The van der Waals surface area contributed by atoms with Gasteiger partial charge in [0.05, 0.1) is 11.1 Å². The third-order valence-corrected chi connectivity index (χ3v) is 12.0. The average molecular weight is 686 g/mol. The number of aromatic nitrogens is 1. The number of hydrogen-bond acceptors (Lipinski definition) is 7. The fourth-order valence-electron chi connectivity index (χ4n) is 7.66. The fourth-order valence-corrected chi connectivity index (χ4v) is 9.24. The standard InChI is InChI=1S/C34H39Cl2FN6O2S/c1-18(2)27-28(31(45)42-19(3)6-10-25(42)30(44)41-17-34(12-13-34)39-15-20(41)4)46-32-40-33(5,22-8-11-26(36)38-16-22)29(43(27)32)21-7-9-23(35)24(37)14-21/h7-9,11,14,16,18-20,25,29,39H,6,10,12-13,15,17H2,1-5H3/t19-,20+,25+,29-,33+/m1/s1. The third-order valence-electron chi connectivity index (χ3n) is 10.4. The second kappa shape index (κ2) is 11.5. The van der Waals surface area contributed by atoms with E-state index in [2.05, 4.69) is 36.0 Å². The Balaban J connectivity index is 1.27. The molecule has 2 saturated heterocycles. The Labute approximate surface area is 283 Å². The molecule has 244 valence electrons. The number of aliphatic imine (C=N–C) groups is 1. The van der Waals surface area contributed by atoms with E-state index in [9.17, 15) is 9.59 Å². The SMILES string of the molecule is CC(C)C1=C(C(=O)N2[C@H](C)CC[C@H]2C(=O)N2CC3(CC3)NC[C@@H]2C)SC2=N[C@@](C)(c3ccc(Cl)nc3)[C@@H](c3ccc(Cl)c(F)c3)N21. The summed E-state index contributed by atoms with van der Waals surface area (Å²) in [5, 5.41) is 4.68. The van der Waals surface area contributed by atoms with Crippen molar-refractivity contribution in [1.82, 2.24) is 25.0 Å².